The number of halogens is 3. The molecule has 0 saturated carbocycles. The molecule has 0 fully saturated rings. The van der Waals surface area contributed by atoms with Crippen molar-refractivity contribution in [2.45, 2.75) is 12.3 Å². The molecular formula is C8H7ClF2N2O. The van der Waals surface area contributed by atoms with Crippen LogP contribution in [0.3, 0.4) is 0 Å². The van der Waals surface area contributed by atoms with Crippen molar-refractivity contribution >= 4 is 23.6 Å². The zero-order valence-corrected chi connectivity index (χ0v) is 7.76. The molecule has 0 aliphatic rings. The van der Waals surface area contributed by atoms with Crippen LogP contribution in [-0.4, -0.2) is 11.3 Å². The smallest absolute Gasteiger partial charge is 0.280 e. The number of pyridine rings is 1. The second-order valence-electron chi connectivity index (χ2n) is 2.55. The van der Waals surface area contributed by atoms with E-state index in [1.54, 1.807) is 0 Å². The number of rotatable bonds is 3. The van der Waals surface area contributed by atoms with Gasteiger partial charge in [-0.25, -0.2) is 13.8 Å². The molecule has 0 amide bonds. The van der Waals surface area contributed by atoms with Crippen molar-refractivity contribution in [3.8, 4) is 0 Å². The highest BCUT2D eigenvalue weighted by molar-refractivity contribution is 6.17. The Bertz CT molecular complexity index is 357. The SMILES string of the molecule is Nc1c(C=O)cc(C(F)F)nc1CCl. The summed E-state index contributed by atoms with van der Waals surface area (Å²) in [6, 6.07) is 0.961. The van der Waals surface area contributed by atoms with E-state index in [0.717, 1.165) is 6.07 Å². The molecule has 0 bridgehead atoms. The number of hydrogen-bond donors (Lipinski definition) is 1. The molecule has 0 atom stereocenters. The molecule has 1 aromatic rings. The Hall–Kier alpha value is -1.23. The van der Waals surface area contributed by atoms with Crippen molar-refractivity contribution in [3.05, 3.63) is 23.0 Å². The van der Waals surface area contributed by atoms with E-state index in [1.165, 1.54) is 0 Å². The number of alkyl halides is 3. The summed E-state index contributed by atoms with van der Waals surface area (Å²) in [4.78, 5) is 14.0. The number of carbonyl (C=O) groups excluding carboxylic acids is 1. The molecule has 0 aliphatic carbocycles. The molecule has 0 saturated heterocycles. The van der Waals surface area contributed by atoms with Gasteiger partial charge < -0.3 is 5.73 Å². The average molecular weight is 221 g/mol. The van der Waals surface area contributed by atoms with Crippen LogP contribution in [0, 0.1) is 0 Å². The van der Waals surface area contributed by atoms with Crippen molar-refractivity contribution in [3.63, 3.8) is 0 Å². The van der Waals surface area contributed by atoms with Crippen LogP contribution in [0.5, 0.6) is 0 Å². The Kier molecular flexibility index (Phi) is 3.35. The van der Waals surface area contributed by atoms with E-state index in [4.69, 9.17) is 17.3 Å². The van der Waals surface area contributed by atoms with Crippen molar-refractivity contribution in [2.75, 3.05) is 5.73 Å². The molecule has 0 aromatic carbocycles. The lowest BCUT2D eigenvalue weighted by molar-refractivity contribution is 0.112. The Labute approximate surface area is 83.9 Å². The summed E-state index contributed by atoms with van der Waals surface area (Å²) in [6.45, 7) is 0. The van der Waals surface area contributed by atoms with Gasteiger partial charge in [-0.15, -0.1) is 11.6 Å². The highest BCUT2D eigenvalue weighted by atomic mass is 35.5. The molecule has 1 rings (SSSR count). The minimum atomic E-state index is -2.74. The molecule has 1 aromatic heterocycles. The van der Waals surface area contributed by atoms with Gasteiger partial charge in [-0.05, 0) is 6.07 Å². The average Bonchev–Trinajstić information content (AvgIpc) is 2.17. The topological polar surface area (TPSA) is 56.0 Å². The summed E-state index contributed by atoms with van der Waals surface area (Å²) in [5, 5.41) is 0. The summed E-state index contributed by atoms with van der Waals surface area (Å²) in [7, 11) is 0. The first-order valence-corrected chi connectivity index (χ1v) is 4.22. The number of aldehydes is 1. The predicted molar refractivity (Wildman–Crippen MR) is 48.6 cm³/mol. The van der Waals surface area contributed by atoms with Gasteiger partial charge in [0.05, 0.1) is 17.3 Å². The van der Waals surface area contributed by atoms with E-state index in [2.05, 4.69) is 4.98 Å². The highest BCUT2D eigenvalue weighted by Crippen LogP contribution is 2.23. The first-order chi connectivity index (χ1) is 6.60. The Morgan fingerprint density at radius 2 is 2.29 bits per heavy atom. The van der Waals surface area contributed by atoms with Gasteiger partial charge in [0.25, 0.3) is 6.43 Å². The third kappa shape index (κ3) is 1.98. The van der Waals surface area contributed by atoms with Gasteiger partial charge in [0.2, 0.25) is 0 Å². The first-order valence-electron chi connectivity index (χ1n) is 3.68. The monoisotopic (exact) mass is 220 g/mol. The Balaban J connectivity index is 3.31. The standard InChI is InChI=1S/C8H7ClF2N2O/c9-2-6-7(12)4(3-14)1-5(13-6)8(10)11/h1,3,8H,2,12H2. The van der Waals surface area contributed by atoms with Gasteiger partial charge in [0.1, 0.15) is 5.69 Å². The van der Waals surface area contributed by atoms with E-state index in [1.807, 2.05) is 0 Å². The molecule has 14 heavy (non-hydrogen) atoms. The van der Waals surface area contributed by atoms with Crippen molar-refractivity contribution in [1.29, 1.82) is 0 Å². The van der Waals surface area contributed by atoms with Gasteiger partial charge in [0, 0.05) is 5.56 Å². The lowest BCUT2D eigenvalue weighted by atomic mass is 10.1. The van der Waals surface area contributed by atoms with Crippen LogP contribution in [0.25, 0.3) is 0 Å². The van der Waals surface area contributed by atoms with Crippen molar-refractivity contribution < 1.29 is 13.6 Å². The molecular weight excluding hydrogens is 214 g/mol. The fourth-order valence-corrected chi connectivity index (χ4v) is 1.17. The molecule has 76 valence electrons. The number of aromatic nitrogens is 1. The first kappa shape index (κ1) is 10.8. The third-order valence-electron chi connectivity index (χ3n) is 1.67. The minimum absolute atomic E-state index is 0.00838. The maximum Gasteiger partial charge on any atom is 0.280 e. The van der Waals surface area contributed by atoms with Gasteiger partial charge in [-0.3, -0.25) is 4.79 Å². The van der Waals surface area contributed by atoms with Crippen LogP contribution >= 0.6 is 11.6 Å². The van der Waals surface area contributed by atoms with Crippen LogP contribution in [0.2, 0.25) is 0 Å². The normalized spacial score (nSPS) is 10.6. The molecule has 0 radical (unpaired) electrons. The summed E-state index contributed by atoms with van der Waals surface area (Å²) in [6.07, 6.45) is -2.34. The van der Waals surface area contributed by atoms with Gasteiger partial charge in [-0.2, -0.15) is 0 Å². The number of nitrogens with two attached hydrogens (primary N) is 1. The van der Waals surface area contributed by atoms with Gasteiger partial charge in [0.15, 0.2) is 6.29 Å². The zero-order valence-electron chi connectivity index (χ0n) is 7.01. The molecule has 0 aliphatic heterocycles. The number of hydrogen-bond acceptors (Lipinski definition) is 3. The lowest BCUT2D eigenvalue weighted by Crippen LogP contribution is -2.04. The second-order valence-corrected chi connectivity index (χ2v) is 2.82. The highest BCUT2D eigenvalue weighted by Gasteiger charge is 2.14. The molecule has 2 N–H and O–H groups in total. The number of anilines is 1. The van der Waals surface area contributed by atoms with Gasteiger partial charge >= 0.3 is 0 Å². The summed E-state index contributed by atoms with van der Waals surface area (Å²) in [5.74, 6) is -0.104. The minimum Gasteiger partial charge on any atom is -0.397 e. The number of carbonyl (C=O) groups is 1. The Morgan fingerprint density at radius 3 is 2.71 bits per heavy atom. The maximum absolute atomic E-state index is 12.3. The lowest BCUT2D eigenvalue weighted by Gasteiger charge is -2.07. The van der Waals surface area contributed by atoms with E-state index in [9.17, 15) is 13.6 Å². The summed E-state index contributed by atoms with van der Waals surface area (Å²) >= 11 is 5.43. The fourth-order valence-electron chi connectivity index (χ4n) is 0.963. The molecule has 3 nitrogen and oxygen atoms in total. The summed E-state index contributed by atoms with van der Waals surface area (Å²) in [5.41, 5.74) is 5.11. The predicted octanol–water partition coefficient (Wildman–Crippen LogP) is 2.15. The third-order valence-corrected chi connectivity index (χ3v) is 1.92. The molecule has 0 spiro atoms. The van der Waals surface area contributed by atoms with Crippen LogP contribution in [0.4, 0.5) is 14.5 Å². The maximum atomic E-state index is 12.3. The quantitative estimate of drug-likeness (QED) is 0.627. The largest absolute Gasteiger partial charge is 0.397 e. The van der Waals surface area contributed by atoms with Crippen molar-refractivity contribution in [1.82, 2.24) is 4.98 Å². The summed E-state index contributed by atoms with van der Waals surface area (Å²) < 4.78 is 24.5. The van der Waals surface area contributed by atoms with E-state index in [0.29, 0.717) is 6.29 Å². The Morgan fingerprint density at radius 1 is 1.64 bits per heavy atom. The molecule has 0 unspecified atom stereocenters. The van der Waals surface area contributed by atoms with Crippen LogP contribution in [0.15, 0.2) is 6.07 Å². The number of nitrogens with zero attached hydrogens (tertiary/aromatic N) is 1. The molecule has 6 heteroatoms. The van der Waals surface area contributed by atoms with E-state index >= 15 is 0 Å². The fraction of sp³-hybridized carbons (Fsp3) is 0.250. The van der Waals surface area contributed by atoms with E-state index < -0.39 is 12.1 Å². The second kappa shape index (κ2) is 4.32. The molecule has 1 heterocycles. The van der Waals surface area contributed by atoms with Gasteiger partial charge in [-0.1, -0.05) is 0 Å². The van der Waals surface area contributed by atoms with Crippen LogP contribution in [0.1, 0.15) is 28.2 Å². The van der Waals surface area contributed by atoms with Crippen molar-refractivity contribution in [2.24, 2.45) is 0 Å². The van der Waals surface area contributed by atoms with Crippen LogP contribution in [-0.2, 0) is 5.88 Å². The van der Waals surface area contributed by atoms with E-state index in [-0.39, 0.29) is 22.8 Å². The zero-order chi connectivity index (χ0) is 10.7. The number of nitrogen functional groups attached to an aromatic ring is 1. The van der Waals surface area contributed by atoms with Crippen LogP contribution < -0.4 is 5.73 Å².